The van der Waals surface area contributed by atoms with Gasteiger partial charge >= 0.3 is 12.0 Å². The monoisotopic (exact) mass is 254 g/mol. The van der Waals surface area contributed by atoms with Crippen LogP contribution in [0.1, 0.15) is 19.8 Å². The first-order valence-electron chi connectivity index (χ1n) is 5.88. The van der Waals surface area contributed by atoms with Gasteiger partial charge in [0.2, 0.25) is 0 Å². The zero-order chi connectivity index (χ0) is 13.4. The first-order chi connectivity index (χ1) is 8.63. The molecule has 0 aliphatic carbocycles. The topological polar surface area (TPSA) is 96.3 Å². The van der Waals surface area contributed by atoms with Crippen molar-refractivity contribution >= 4 is 12.0 Å². The van der Waals surface area contributed by atoms with Crippen LogP contribution in [0, 0.1) is 0 Å². The van der Waals surface area contributed by atoms with Crippen LogP contribution in [0.3, 0.4) is 0 Å². The second-order valence-electron chi connectivity index (χ2n) is 3.85. The van der Waals surface area contributed by atoms with E-state index >= 15 is 0 Å². The van der Waals surface area contributed by atoms with Gasteiger partial charge in [0.05, 0.1) is 6.54 Å². The number of carboxylic acids is 1. The lowest BCUT2D eigenvalue weighted by molar-refractivity contribution is -0.139. The van der Waals surface area contributed by atoms with E-state index in [0.29, 0.717) is 25.9 Å². The molecule has 7 heteroatoms. The molecule has 1 aromatic heterocycles. The quantitative estimate of drug-likeness (QED) is 0.657. The maximum atomic E-state index is 11.4. The van der Waals surface area contributed by atoms with Gasteiger partial charge in [-0.05, 0) is 12.5 Å². The van der Waals surface area contributed by atoms with Gasteiger partial charge in [0.1, 0.15) is 6.04 Å². The van der Waals surface area contributed by atoms with Gasteiger partial charge in [0.25, 0.3) is 0 Å². The van der Waals surface area contributed by atoms with Crippen molar-refractivity contribution in [2.75, 3.05) is 6.54 Å². The number of hydrogen-bond acceptors (Lipinski definition) is 3. The number of nitrogens with zero attached hydrogens (tertiary/aromatic N) is 2. The van der Waals surface area contributed by atoms with E-state index in [0.717, 1.165) is 0 Å². The van der Waals surface area contributed by atoms with Crippen LogP contribution in [-0.2, 0) is 11.3 Å². The molecule has 1 heterocycles. The molecular weight excluding hydrogens is 236 g/mol. The summed E-state index contributed by atoms with van der Waals surface area (Å²) in [6, 6.07) is 0.490. The van der Waals surface area contributed by atoms with Gasteiger partial charge in [-0.1, -0.05) is 13.3 Å². The van der Waals surface area contributed by atoms with Crippen LogP contribution in [0.5, 0.6) is 0 Å². The maximum Gasteiger partial charge on any atom is 0.326 e. The molecule has 1 atom stereocenters. The molecule has 0 aliphatic heterocycles. The van der Waals surface area contributed by atoms with Crippen molar-refractivity contribution < 1.29 is 14.7 Å². The van der Waals surface area contributed by atoms with Crippen molar-refractivity contribution in [3.05, 3.63) is 18.5 Å². The number of rotatable bonds is 7. The Hall–Kier alpha value is -2.05. The average Bonchev–Trinajstić information content (AvgIpc) is 2.81. The van der Waals surface area contributed by atoms with E-state index in [2.05, 4.69) is 15.7 Å². The van der Waals surface area contributed by atoms with Crippen molar-refractivity contribution in [3.8, 4) is 0 Å². The third-order valence-corrected chi connectivity index (χ3v) is 2.37. The molecule has 0 bridgehead atoms. The zero-order valence-electron chi connectivity index (χ0n) is 10.3. The standard InChI is InChI=1S/C11H18N4O3/c1-2-4-9(10(16)17)14-11(18)12-6-8-15-7-3-5-13-15/h3,5,7,9H,2,4,6,8H2,1H3,(H,16,17)(H2,12,14,18)/t9-/m0/s1. The minimum atomic E-state index is -1.01. The number of amides is 2. The van der Waals surface area contributed by atoms with Gasteiger partial charge < -0.3 is 15.7 Å². The predicted molar refractivity (Wildman–Crippen MR) is 65.1 cm³/mol. The van der Waals surface area contributed by atoms with Gasteiger partial charge in [0.15, 0.2) is 0 Å². The van der Waals surface area contributed by atoms with E-state index < -0.39 is 18.0 Å². The molecular formula is C11H18N4O3. The third kappa shape index (κ3) is 4.86. The molecule has 1 rings (SSSR count). The van der Waals surface area contributed by atoms with Crippen molar-refractivity contribution in [1.82, 2.24) is 20.4 Å². The predicted octanol–water partition coefficient (Wildman–Crippen LogP) is 0.436. The van der Waals surface area contributed by atoms with Gasteiger partial charge in [-0.3, -0.25) is 4.68 Å². The van der Waals surface area contributed by atoms with Crippen LogP contribution < -0.4 is 10.6 Å². The SMILES string of the molecule is CCC[C@H](NC(=O)NCCn1cccn1)C(=O)O. The molecule has 0 fully saturated rings. The van der Waals surface area contributed by atoms with Gasteiger partial charge in [0, 0.05) is 18.9 Å². The second-order valence-corrected chi connectivity index (χ2v) is 3.85. The normalized spacial score (nSPS) is 11.8. The highest BCUT2D eigenvalue weighted by Gasteiger charge is 2.18. The fourth-order valence-electron chi connectivity index (χ4n) is 1.47. The lowest BCUT2D eigenvalue weighted by Gasteiger charge is -2.14. The molecule has 3 N–H and O–H groups in total. The highest BCUT2D eigenvalue weighted by molar-refractivity contribution is 5.82. The van der Waals surface area contributed by atoms with Crippen LogP contribution in [0.4, 0.5) is 4.79 Å². The number of aromatic nitrogens is 2. The van der Waals surface area contributed by atoms with E-state index in [9.17, 15) is 9.59 Å². The zero-order valence-corrected chi connectivity index (χ0v) is 10.3. The Labute approximate surface area is 105 Å². The third-order valence-electron chi connectivity index (χ3n) is 2.37. The highest BCUT2D eigenvalue weighted by Crippen LogP contribution is 1.96. The van der Waals surface area contributed by atoms with E-state index in [1.165, 1.54) is 0 Å². The van der Waals surface area contributed by atoms with E-state index in [1.807, 2.05) is 6.92 Å². The van der Waals surface area contributed by atoms with E-state index in [-0.39, 0.29) is 0 Å². The molecule has 0 radical (unpaired) electrons. The summed E-state index contributed by atoms with van der Waals surface area (Å²) >= 11 is 0. The molecule has 2 amide bonds. The van der Waals surface area contributed by atoms with Gasteiger partial charge in [-0.15, -0.1) is 0 Å². The van der Waals surface area contributed by atoms with Crippen LogP contribution in [0.15, 0.2) is 18.5 Å². The van der Waals surface area contributed by atoms with Crippen LogP contribution in [0.25, 0.3) is 0 Å². The Bertz CT molecular complexity index is 378. The molecule has 7 nitrogen and oxygen atoms in total. The van der Waals surface area contributed by atoms with Gasteiger partial charge in [-0.2, -0.15) is 5.10 Å². The van der Waals surface area contributed by atoms with Gasteiger partial charge in [-0.25, -0.2) is 9.59 Å². The minimum Gasteiger partial charge on any atom is -0.480 e. The first kappa shape index (κ1) is 14.0. The molecule has 0 aromatic carbocycles. The number of hydrogen-bond donors (Lipinski definition) is 3. The number of carbonyl (C=O) groups is 2. The Balaban J connectivity index is 2.25. The lowest BCUT2D eigenvalue weighted by Crippen LogP contribution is -2.46. The maximum absolute atomic E-state index is 11.4. The molecule has 0 saturated heterocycles. The first-order valence-corrected chi connectivity index (χ1v) is 5.88. The summed E-state index contributed by atoms with van der Waals surface area (Å²) in [4.78, 5) is 22.3. The Morgan fingerprint density at radius 1 is 1.50 bits per heavy atom. The smallest absolute Gasteiger partial charge is 0.326 e. The van der Waals surface area contributed by atoms with Crippen molar-refractivity contribution in [1.29, 1.82) is 0 Å². The number of aliphatic carboxylic acids is 1. The summed E-state index contributed by atoms with van der Waals surface area (Å²) in [6.45, 7) is 2.81. The van der Waals surface area contributed by atoms with Crippen LogP contribution in [-0.4, -0.2) is 39.5 Å². The molecule has 18 heavy (non-hydrogen) atoms. The highest BCUT2D eigenvalue weighted by atomic mass is 16.4. The summed E-state index contributed by atoms with van der Waals surface area (Å²) in [5, 5.41) is 17.9. The average molecular weight is 254 g/mol. The van der Waals surface area contributed by atoms with E-state index in [4.69, 9.17) is 5.11 Å². The summed E-state index contributed by atoms with van der Waals surface area (Å²) in [5.74, 6) is -1.01. The molecule has 0 spiro atoms. The minimum absolute atomic E-state index is 0.395. The Morgan fingerprint density at radius 3 is 2.83 bits per heavy atom. The van der Waals surface area contributed by atoms with Crippen molar-refractivity contribution in [3.63, 3.8) is 0 Å². The van der Waals surface area contributed by atoms with Crippen LogP contribution in [0.2, 0.25) is 0 Å². The Morgan fingerprint density at radius 2 is 2.28 bits per heavy atom. The number of urea groups is 1. The number of carboxylic acid groups (broad SMARTS) is 1. The molecule has 0 saturated carbocycles. The van der Waals surface area contributed by atoms with E-state index in [1.54, 1.807) is 23.1 Å². The number of carbonyl (C=O) groups excluding carboxylic acids is 1. The van der Waals surface area contributed by atoms with Crippen molar-refractivity contribution in [2.45, 2.75) is 32.4 Å². The fraction of sp³-hybridized carbons (Fsp3) is 0.545. The van der Waals surface area contributed by atoms with Crippen molar-refractivity contribution in [2.24, 2.45) is 0 Å². The molecule has 1 aromatic rings. The molecule has 100 valence electrons. The molecule has 0 aliphatic rings. The number of nitrogens with one attached hydrogen (secondary N) is 2. The summed E-state index contributed by atoms with van der Waals surface area (Å²) in [6.07, 6.45) is 4.56. The Kier molecular flexibility index (Phi) is 5.69. The fourth-order valence-corrected chi connectivity index (χ4v) is 1.47. The summed E-state index contributed by atoms with van der Waals surface area (Å²) < 4.78 is 1.68. The summed E-state index contributed by atoms with van der Waals surface area (Å²) in [7, 11) is 0. The molecule has 0 unspecified atom stereocenters. The second kappa shape index (κ2) is 7.31. The lowest BCUT2D eigenvalue weighted by atomic mass is 10.2. The summed E-state index contributed by atoms with van der Waals surface area (Å²) in [5.41, 5.74) is 0. The largest absolute Gasteiger partial charge is 0.480 e. The van der Waals surface area contributed by atoms with Crippen LogP contribution >= 0.6 is 0 Å².